The molecule has 2 aromatic rings. The zero-order valence-electron chi connectivity index (χ0n) is 16.6. The van der Waals surface area contributed by atoms with Crippen LogP contribution in [0.1, 0.15) is 6.04 Å². The molecule has 0 saturated carbocycles. The molecule has 14 heteroatoms. The number of aromatic nitrogens is 4. The lowest BCUT2D eigenvalue weighted by Gasteiger charge is -2.18. The topological polar surface area (TPSA) is 165 Å². The average molecular weight is 449 g/mol. The third-order valence-electron chi connectivity index (χ3n) is 5.16. The van der Waals surface area contributed by atoms with Crippen LogP contribution in [0.3, 0.4) is 0 Å². The van der Waals surface area contributed by atoms with Crippen LogP contribution in [0.2, 0.25) is 0 Å². The van der Waals surface area contributed by atoms with Crippen LogP contribution >= 0.6 is 0 Å². The summed E-state index contributed by atoms with van der Waals surface area (Å²) in [4.78, 5) is 22.5. The Balaban J connectivity index is 1.22. The Morgan fingerprint density at radius 3 is 2.88 bits per heavy atom. The number of nitrogens with zero attached hydrogens (tertiary/aromatic N) is 4. The van der Waals surface area contributed by atoms with Crippen molar-refractivity contribution < 1.29 is 43.1 Å². The van der Waals surface area contributed by atoms with Crippen LogP contribution in [0.15, 0.2) is 18.2 Å². The van der Waals surface area contributed by atoms with Crippen LogP contribution < -0.4 is 19.5 Å². The molecule has 0 aliphatic carbocycles. The smallest absolute Gasteiger partial charge is 0.341 e. The summed E-state index contributed by atoms with van der Waals surface area (Å²) in [5, 5.41) is 23.0. The van der Waals surface area contributed by atoms with Gasteiger partial charge in [0.05, 0.1) is 19.3 Å². The molecule has 3 aliphatic rings. The fourth-order valence-corrected chi connectivity index (χ4v) is 3.80. The third-order valence-corrected chi connectivity index (χ3v) is 5.16. The molecule has 14 nitrogen and oxygen atoms in total. The molecule has 2 N–H and O–H groups in total. The normalized spacial score (nSPS) is 25.5. The van der Waals surface area contributed by atoms with Gasteiger partial charge in [-0.25, -0.2) is 4.79 Å². The molecule has 0 radical (unpaired) electrons. The van der Waals surface area contributed by atoms with Crippen LogP contribution in [0.4, 0.5) is 0 Å². The number of nitrogens with one attached hydrogen (secondary N) is 1. The quantitative estimate of drug-likeness (QED) is 0.512. The van der Waals surface area contributed by atoms with E-state index in [0.717, 1.165) is 0 Å². The van der Waals surface area contributed by atoms with Gasteiger partial charge >= 0.3 is 12.0 Å². The molecule has 1 aromatic carbocycles. The van der Waals surface area contributed by atoms with Gasteiger partial charge in [-0.2, -0.15) is 4.68 Å². The number of carboxylic acid groups (broad SMARTS) is 1. The lowest BCUT2D eigenvalue weighted by molar-refractivity contribution is -0.143. The van der Waals surface area contributed by atoms with Crippen molar-refractivity contribution in [2.45, 2.75) is 24.3 Å². The molecule has 4 atom stereocenters. The van der Waals surface area contributed by atoms with E-state index < -0.39 is 36.7 Å². The van der Waals surface area contributed by atoms with Gasteiger partial charge in [0.2, 0.25) is 12.7 Å². The van der Waals surface area contributed by atoms with E-state index in [1.54, 1.807) is 18.2 Å². The van der Waals surface area contributed by atoms with E-state index in [9.17, 15) is 9.59 Å². The van der Waals surface area contributed by atoms with E-state index in [1.165, 1.54) is 4.68 Å². The summed E-state index contributed by atoms with van der Waals surface area (Å²) < 4.78 is 34.5. The van der Waals surface area contributed by atoms with Crippen molar-refractivity contribution >= 4 is 11.9 Å². The fourth-order valence-electron chi connectivity index (χ4n) is 3.80. The molecule has 1 amide bonds. The highest BCUT2D eigenvalue weighted by atomic mass is 16.7. The highest BCUT2D eigenvalue weighted by Gasteiger charge is 2.50. The summed E-state index contributed by atoms with van der Waals surface area (Å²) in [5.41, 5.74) is 0. The van der Waals surface area contributed by atoms with Crippen LogP contribution in [0, 0.1) is 0 Å². The number of benzene rings is 1. The lowest BCUT2D eigenvalue weighted by atomic mass is 10.1. The number of fused-ring (bicyclic) bond motifs is 2. The van der Waals surface area contributed by atoms with Crippen LogP contribution in [0.5, 0.6) is 23.3 Å². The SMILES string of the molecule is O=C(O)COCC(=O)N[C@H]1CO[C@H]2[C@@H]1OC[C@@H]2n1nnnc1Oc1ccc2c(c1)OCO2. The van der Waals surface area contributed by atoms with Crippen molar-refractivity contribution in [3.8, 4) is 23.3 Å². The van der Waals surface area contributed by atoms with Gasteiger partial charge in [0.1, 0.15) is 37.2 Å². The minimum absolute atomic E-state index is 0.149. The molecule has 32 heavy (non-hydrogen) atoms. The monoisotopic (exact) mass is 449 g/mol. The average Bonchev–Trinajstić information content (AvgIpc) is 3.53. The summed E-state index contributed by atoms with van der Waals surface area (Å²) >= 11 is 0. The van der Waals surface area contributed by atoms with Gasteiger partial charge in [-0.05, 0) is 22.6 Å². The number of hydrogen-bond donors (Lipinski definition) is 2. The summed E-state index contributed by atoms with van der Waals surface area (Å²) in [5.74, 6) is 0.0614. The predicted molar refractivity (Wildman–Crippen MR) is 99.4 cm³/mol. The summed E-state index contributed by atoms with van der Waals surface area (Å²) in [6.07, 6.45) is -0.839. The fraction of sp³-hybridized carbons (Fsp3) is 0.500. The zero-order valence-corrected chi connectivity index (χ0v) is 16.6. The predicted octanol–water partition coefficient (Wildman–Crippen LogP) is -0.881. The molecule has 0 spiro atoms. The Labute approximate surface area is 180 Å². The molecule has 0 unspecified atom stereocenters. The second kappa shape index (κ2) is 8.57. The first-order chi connectivity index (χ1) is 15.6. The number of aliphatic carboxylic acids is 1. The number of carboxylic acids is 1. The third kappa shape index (κ3) is 4.02. The molecule has 5 rings (SSSR count). The largest absolute Gasteiger partial charge is 0.480 e. The van der Waals surface area contributed by atoms with Gasteiger partial charge in [-0.15, -0.1) is 0 Å². The summed E-state index contributed by atoms with van der Waals surface area (Å²) in [6.45, 7) is -0.300. The van der Waals surface area contributed by atoms with Crippen molar-refractivity contribution in [2.75, 3.05) is 33.2 Å². The van der Waals surface area contributed by atoms with E-state index in [4.69, 9.17) is 33.5 Å². The Kier molecular flexibility index (Phi) is 5.46. The highest BCUT2D eigenvalue weighted by molar-refractivity contribution is 5.78. The Hall–Kier alpha value is -3.49. The molecule has 0 bridgehead atoms. The van der Waals surface area contributed by atoms with Gasteiger partial charge < -0.3 is 38.8 Å². The number of carbonyl (C=O) groups is 2. The van der Waals surface area contributed by atoms with Crippen molar-refractivity contribution in [3.63, 3.8) is 0 Å². The van der Waals surface area contributed by atoms with Gasteiger partial charge in [0.15, 0.2) is 11.5 Å². The van der Waals surface area contributed by atoms with Gasteiger partial charge in [-0.3, -0.25) is 4.79 Å². The molecule has 170 valence electrons. The maximum atomic E-state index is 12.0. The number of rotatable bonds is 8. The maximum Gasteiger partial charge on any atom is 0.341 e. The van der Waals surface area contributed by atoms with Gasteiger partial charge in [0.25, 0.3) is 0 Å². The van der Waals surface area contributed by atoms with Crippen LogP contribution in [-0.2, 0) is 23.8 Å². The van der Waals surface area contributed by atoms with Crippen molar-refractivity contribution in [3.05, 3.63) is 18.2 Å². The first-order valence-electron chi connectivity index (χ1n) is 9.76. The summed E-state index contributed by atoms with van der Waals surface area (Å²) in [7, 11) is 0. The Bertz CT molecular complexity index is 1010. The van der Waals surface area contributed by atoms with Crippen LogP contribution in [-0.4, -0.2) is 88.7 Å². The number of amides is 1. The zero-order chi connectivity index (χ0) is 22.1. The second-order valence-corrected chi connectivity index (χ2v) is 7.25. The molecule has 4 heterocycles. The standard InChI is InChI=1S/C18H19N5O9/c24-14(6-27-7-15(25)26)19-10-4-28-17-11(5-29-16(10)17)23-18(20-21-22-23)32-9-1-2-12-13(3-9)31-8-30-12/h1-3,10-11,16-17H,4-8H2,(H,19,24)(H,25,26)/t10-,11-,16+,17+/m0/s1. The minimum Gasteiger partial charge on any atom is -0.480 e. The number of ether oxygens (including phenoxy) is 6. The van der Waals surface area contributed by atoms with Gasteiger partial charge in [0, 0.05) is 6.07 Å². The number of carbonyl (C=O) groups excluding carboxylic acids is 1. The van der Waals surface area contributed by atoms with E-state index in [1.807, 2.05) is 0 Å². The molecule has 3 aliphatic heterocycles. The van der Waals surface area contributed by atoms with Crippen molar-refractivity contribution in [2.24, 2.45) is 0 Å². The van der Waals surface area contributed by atoms with E-state index in [0.29, 0.717) is 17.2 Å². The second-order valence-electron chi connectivity index (χ2n) is 7.25. The molecular formula is C18H19N5O9. The van der Waals surface area contributed by atoms with E-state index in [-0.39, 0.29) is 38.7 Å². The van der Waals surface area contributed by atoms with Crippen molar-refractivity contribution in [1.29, 1.82) is 0 Å². The van der Waals surface area contributed by atoms with E-state index in [2.05, 4.69) is 20.8 Å². The maximum absolute atomic E-state index is 12.0. The lowest BCUT2D eigenvalue weighted by Crippen LogP contribution is -2.45. The molecule has 2 saturated heterocycles. The first-order valence-corrected chi connectivity index (χ1v) is 9.76. The number of hydrogen-bond acceptors (Lipinski definition) is 11. The van der Waals surface area contributed by atoms with Crippen LogP contribution in [0.25, 0.3) is 0 Å². The first kappa shape index (κ1) is 20.4. The Morgan fingerprint density at radius 1 is 1.16 bits per heavy atom. The molecule has 1 aromatic heterocycles. The Morgan fingerprint density at radius 2 is 2.00 bits per heavy atom. The van der Waals surface area contributed by atoms with Crippen molar-refractivity contribution in [1.82, 2.24) is 25.5 Å². The number of tetrazole rings is 1. The molecule has 2 fully saturated rings. The minimum atomic E-state index is -1.15. The van der Waals surface area contributed by atoms with Gasteiger partial charge in [-0.1, -0.05) is 5.10 Å². The van der Waals surface area contributed by atoms with E-state index >= 15 is 0 Å². The summed E-state index contributed by atoms with van der Waals surface area (Å²) in [6, 6.07) is 4.49. The molecular weight excluding hydrogens is 430 g/mol. The highest BCUT2D eigenvalue weighted by Crippen LogP contribution is 2.38.